The second kappa shape index (κ2) is 5.28. The Bertz CT molecular complexity index is 593. The molecule has 4 heteroatoms. The molecule has 0 atom stereocenters. The minimum atomic E-state index is -0.316. The Morgan fingerprint density at radius 1 is 1.28 bits per heavy atom. The van der Waals surface area contributed by atoms with Crippen LogP contribution < -0.4 is 0 Å². The van der Waals surface area contributed by atoms with Crippen LogP contribution in [0.4, 0.5) is 4.39 Å². The predicted octanol–water partition coefficient (Wildman–Crippen LogP) is 2.31. The maximum absolute atomic E-state index is 12.7. The zero-order chi connectivity index (χ0) is 13.0. The van der Waals surface area contributed by atoms with E-state index in [4.69, 9.17) is 5.26 Å². The highest BCUT2D eigenvalue weighted by Gasteiger charge is 2.07. The number of hydrogen-bond acceptors (Lipinski definition) is 2. The minimum absolute atomic E-state index is 0.0192. The molecule has 1 heterocycles. The third-order valence-corrected chi connectivity index (χ3v) is 2.61. The van der Waals surface area contributed by atoms with Crippen LogP contribution >= 0.6 is 0 Å². The summed E-state index contributed by atoms with van der Waals surface area (Å²) in [6, 6.07) is 11.2. The zero-order valence-electron chi connectivity index (χ0n) is 9.64. The first-order valence-electron chi connectivity index (χ1n) is 5.50. The number of halogens is 1. The van der Waals surface area contributed by atoms with Crippen LogP contribution in [0.5, 0.6) is 0 Å². The molecule has 1 aromatic heterocycles. The van der Waals surface area contributed by atoms with Gasteiger partial charge in [-0.2, -0.15) is 5.26 Å². The molecule has 0 spiro atoms. The van der Waals surface area contributed by atoms with Crippen LogP contribution in [0.25, 0.3) is 0 Å². The van der Waals surface area contributed by atoms with Crippen molar-refractivity contribution in [3.63, 3.8) is 0 Å². The molecule has 0 unspecified atom stereocenters. The molecule has 90 valence electrons. The molecular weight excluding hydrogens is 231 g/mol. The molecule has 0 saturated carbocycles. The summed E-state index contributed by atoms with van der Waals surface area (Å²) in [6.07, 6.45) is 1.93. The molecule has 0 radical (unpaired) electrons. The van der Waals surface area contributed by atoms with Gasteiger partial charge in [-0.1, -0.05) is 12.1 Å². The Labute approximate surface area is 104 Å². The van der Waals surface area contributed by atoms with Crippen molar-refractivity contribution in [2.24, 2.45) is 0 Å². The summed E-state index contributed by atoms with van der Waals surface area (Å²) in [5.74, 6) is -0.335. The van der Waals surface area contributed by atoms with Gasteiger partial charge in [0.2, 0.25) is 0 Å². The standard InChI is InChI=1S/C14H11FN2O/c15-12-5-3-11(4-6-12)8-14(18)10-17-7-1-2-13(17)9-16/h1-7H,8,10H2. The zero-order valence-corrected chi connectivity index (χ0v) is 9.64. The quantitative estimate of drug-likeness (QED) is 0.825. The number of carbonyl (C=O) groups is 1. The fourth-order valence-corrected chi connectivity index (χ4v) is 1.73. The van der Waals surface area contributed by atoms with Crippen LogP contribution in [0.2, 0.25) is 0 Å². The molecule has 2 rings (SSSR count). The number of carbonyl (C=O) groups excluding carboxylic acids is 1. The van der Waals surface area contributed by atoms with E-state index in [9.17, 15) is 9.18 Å². The van der Waals surface area contributed by atoms with E-state index < -0.39 is 0 Å². The van der Waals surface area contributed by atoms with E-state index in [2.05, 4.69) is 0 Å². The minimum Gasteiger partial charge on any atom is -0.332 e. The average Bonchev–Trinajstić information content (AvgIpc) is 2.79. The van der Waals surface area contributed by atoms with Crippen LogP contribution in [0, 0.1) is 17.1 Å². The fraction of sp³-hybridized carbons (Fsp3) is 0.143. The summed E-state index contributed by atoms with van der Waals surface area (Å²) in [7, 11) is 0. The Balaban J connectivity index is 2.01. The van der Waals surface area contributed by atoms with E-state index in [0.29, 0.717) is 5.69 Å². The molecule has 0 aliphatic carbocycles. The van der Waals surface area contributed by atoms with Crippen molar-refractivity contribution in [2.75, 3.05) is 0 Å². The van der Waals surface area contributed by atoms with E-state index in [-0.39, 0.29) is 24.6 Å². The molecule has 0 amide bonds. The Morgan fingerprint density at radius 3 is 2.67 bits per heavy atom. The van der Waals surface area contributed by atoms with Crippen LogP contribution in [0.3, 0.4) is 0 Å². The first-order valence-corrected chi connectivity index (χ1v) is 5.50. The van der Waals surface area contributed by atoms with Crippen molar-refractivity contribution in [1.29, 1.82) is 5.26 Å². The lowest BCUT2D eigenvalue weighted by molar-refractivity contribution is -0.119. The number of ketones is 1. The van der Waals surface area contributed by atoms with Gasteiger partial charge in [-0.25, -0.2) is 4.39 Å². The van der Waals surface area contributed by atoms with E-state index in [1.165, 1.54) is 12.1 Å². The number of nitrogens with zero attached hydrogens (tertiary/aromatic N) is 2. The maximum atomic E-state index is 12.7. The van der Waals surface area contributed by atoms with Gasteiger partial charge in [-0.15, -0.1) is 0 Å². The molecule has 3 nitrogen and oxygen atoms in total. The maximum Gasteiger partial charge on any atom is 0.156 e. The normalized spacial score (nSPS) is 10.0. The lowest BCUT2D eigenvalue weighted by Crippen LogP contribution is -2.13. The third kappa shape index (κ3) is 2.83. The molecule has 0 fully saturated rings. The van der Waals surface area contributed by atoms with Gasteiger partial charge in [0.1, 0.15) is 17.6 Å². The summed E-state index contributed by atoms with van der Waals surface area (Å²) in [5, 5.41) is 8.82. The van der Waals surface area contributed by atoms with Crippen molar-refractivity contribution < 1.29 is 9.18 Å². The summed E-state index contributed by atoms with van der Waals surface area (Å²) in [4.78, 5) is 11.8. The van der Waals surface area contributed by atoms with Gasteiger partial charge in [0, 0.05) is 12.6 Å². The van der Waals surface area contributed by atoms with Gasteiger partial charge in [0.15, 0.2) is 5.78 Å². The summed E-state index contributed by atoms with van der Waals surface area (Å²) in [6.45, 7) is 0.160. The Morgan fingerprint density at radius 2 is 2.00 bits per heavy atom. The third-order valence-electron chi connectivity index (χ3n) is 2.61. The second-order valence-corrected chi connectivity index (χ2v) is 3.98. The molecule has 0 saturated heterocycles. The molecule has 0 bridgehead atoms. The number of benzene rings is 1. The van der Waals surface area contributed by atoms with Crippen molar-refractivity contribution in [3.05, 3.63) is 59.7 Å². The van der Waals surface area contributed by atoms with E-state index in [1.807, 2.05) is 6.07 Å². The first-order chi connectivity index (χ1) is 8.69. The Kier molecular flexibility index (Phi) is 3.54. The largest absolute Gasteiger partial charge is 0.332 e. The number of rotatable bonds is 4. The van der Waals surface area contributed by atoms with Gasteiger partial charge in [0.25, 0.3) is 0 Å². The fourth-order valence-electron chi connectivity index (χ4n) is 1.73. The molecular formula is C14H11FN2O. The number of hydrogen-bond donors (Lipinski definition) is 0. The van der Waals surface area contributed by atoms with Crippen LogP contribution in [0.15, 0.2) is 42.6 Å². The van der Waals surface area contributed by atoms with Crippen LogP contribution in [-0.2, 0) is 17.8 Å². The van der Waals surface area contributed by atoms with Crippen LogP contribution in [0.1, 0.15) is 11.3 Å². The monoisotopic (exact) mass is 242 g/mol. The SMILES string of the molecule is N#Cc1cccn1CC(=O)Cc1ccc(F)cc1. The van der Waals surface area contributed by atoms with Crippen molar-refractivity contribution in [1.82, 2.24) is 4.57 Å². The first kappa shape index (κ1) is 12.1. The number of Topliss-reactive ketones (excluding diaryl/α,β-unsaturated/α-hetero) is 1. The van der Waals surface area contributed by atoms with E-state index in [1.54, 1.807) is 35.0 Å². The van der Waals surface area contributed by atoms with Crippen molar-refractivity contribution in [3.8, 4) is 6.07 Å². The van der Waals surface area contributed by atoms with Crippen LogP contribution in [-0.4, -0.2) is 10.4 Å². The average molecular weight is 242 g/mol. The number of nitriles is 1. The van der Waals surface area contributed by atoms with Gasteiger partial charge >= 0.3 is 0 Å². The van der Waals surface area contributed by atoms with Gasteiger partial charge < -0.3 is 4.57 Å². The summed E-state index contributed by atoms with van der Waals surface area (Å²) in [5.41, 5.74) is 1.23. The van der Waals surface area contributed by atoms with E-state index in [0.717, 1.165) is 5.56 Å². The predicted molar refractivity (Wildman–Crippen MR) is 64.3 cm³/mol. The highest BCUT2D eigenvalue weighted by atomic mass is 19.1. The Hall–Kier alpha value is -2.41. The smallest absolute Gasteiger partial charge is 0.156 e. The second-order valence-electron chi connectivity index (χ2n) is 3.98. The van der Waals surface area contributed by atoms with E-state index >= 15 is 0 Å². The highest BCUT2D eigenvalue weighted by molar-refractivity contribution is 5.80. The summed E-state index contributed by atoms with van der Waals surface area (Å²) >= 11 is 0. The lowest BCUT2D eigenvalue weighted by atomic mass is 10.1. The molecule has 18 heavy (non-hydrogen) atoms. The molecule has 0 aliphatic heterocycles. The van der Waals surface area contributed by atoms with Crippen molar-refractivity contribution in [2.45, 2.75) is 13.0 Å². The van der Waals surface area contributed by atoms with Gasteiger partial charge in [-0.3, -0.25) is 4.79 Å². The molecule has 0 aliphatic rings. The highest BCUT2D eigenvalue weighted by Crippen LogP contribution is 2.06. The molecule has 2 aromatic rings. The molecule has 0 N–H and O–H groups in total. The number of aromatic nitrogens is 1. The molecule has 1 aromatic carbocycles. The lowest BCUT2D eigenvalue weighted by Gasteiger charge is -2.04. The van der Waals surface area contributed by atoms with Gasteiger partial charge in [-0.05, 0) is 29.8 Å². The summed E-state index contributed by atoms with van der Waals surface area (Å²) < 4.78 is 14.3. The topological polar surface area (TPSA) is 45.8 Å². The van der Waals surface area contributed by atoms with Gasteiger partial charge in [0.05, 0.1) is 6.54 Å². The van der Waals surface area contributed by atoms with Crippen molar-refractivity contribution >= 4 is 5.78 Å².